The summed E-state index contributed by atoms with van der Waals surface area (Å²) in [6.45, 7) is 2.36. The molecular weight excluding hydrogens is 288 g/mol. The van der Waals surface area contributed by atoms with Crippen LogP contribution in [-0.4, -0.2) is 30.2 Å². The number of ether oxygens (including phenoxy) is 1. The van der Waals surface area contributed by atoms with Gasteiger partial charge in [-0.05, 0) is 37.0 Å². The zero-order chi connectivity index (χ0) is 14.8. The summed E-state index contributed by atoms with van der Waals surface area (Å²) in [5.41, 5.74) is 1.63. The molecule has 2 aromatic rings. The highest BCUT2D eigenvalue weighted by atomic mass is 35.5. The molecule has 1 aromatic heterocycles. The molecular formula is C16H19ClN2O2. The van der Waals surface area contributed by atoms with Crippen LogP contribution in [0.5, 0.6) is 0 Å². The maximum Gasteiger partial charge on any atom is 0.267 e. The van der Waals surface area contributed by atoms with E-state index in [1.807, 2.05) is 35.9 Å². The molecule has 0 bridgehead atoms. The van der Waals surface area contributed by atoms with Gasteiger partial charge in [0.15, 0.2) is 0 Å². The minimum atomic E-state index is -0.0382. The lowest BCUT2D eigenvalue weighted by Gasteiger charge is -2.09. The number of rotatable bonds is 4. The SMILES string of the molecule is Cn1c(C(=O)NCC[C@@H]2CCOC2)cc2ccc(Cl)cc21. The van der Waals surface area contributed by atoms with E-state index in [4.69, 9.17) is 16.3 Å². The Morgan fingerprint density at radius 3 is 3.10 bits per heavy atom. The van der Waals surface area contributed by atoms with E-state index in [2.05, 4.69) is 5.32 Å². The van der Waals surface area contributed by atoms with Gasteiger partial charge in [-0.3, -0.25) is 4.79 Å². The Morgan fingerprint density at radius 2 is 2.33 bits per heavy atom. The Balaban J connectivity index is 1.67. The van der Waals surface area contributed by atoms with Gasteiger partial charge >= 0.3 is 0 Å². The van der Waals surface area contributed by atoms with Crippen LogP contribution in [0.15, 0.2) is 24.3 Å². The van der Waals surface area contributed by atoms with Crippen LogP contribution in [0.2, 0.25) is 5.02 Å². The number of hydrogen-bond donors (Lipinski definition) is 1. The van der Waals surface area contributed by atoms with Crippen LogP contribution in [0.3, 0.4) is 0 Å². The van der Waals surface area contributed by atoms with E-state index in [9.17, 15) is 4.79 Å². The molecule has 1 aromatic carbocycles. The van der Waals surface area contributed by atoms with Crippen molar-refractivity contribution in [3.8, 4) is 0 Å². The molecule has 5 heteroatoms. The van der Waals surface area contributed by atoms with Gasteiger partial charge in [0.25, 0.3) is 5.91 Å². The van der Waals surface area contributed by atoms with Gasteiger partial charge in [0.05, 0.1) is 0 Å². The minimum absolute atomic E-state index is 0.0382. The average Bonchev–Trinajstić information content (AvgIpc) is 3.08. The van der Waals surface area contributed by atoms with Gasteiger partial charge in [-0.1, -0.05) is 17.7 Å². The first-order chi connectivity index (χ1) is 10.1. The molecule has 1 saturated heterocycles. The van der Waals surface area contributed by atoms with Crippen LogP contribution in [0.25, 0.3) is 10.9 Å². The number of halogens is 1. The van der Waals surface area contributed by atoms with Crippen molar-refractivity contribution in [2.45, 2.75) is 12.8 Å². The molecule has 3 rings (SSSR count). The maximum atomic E-state index is 12.3. The third kappa shape index (κ3) is 3.06. The number of fused-ring (bicyclic) bond motifs is 1. The first-order valence-corrected chi connectivity index (χ1v) is 7.64. The molecule has 0 spiro atoms. The maximum absolute atomic E-state index is 12.3. The predicted molar refractivity (Wildman–Crippen MR) is 83.8 cm³/mol. The van der Waals surface area contributed by atoms with Crippen LogP contribution in [0, 0.1) is 5.92 Å². The van der Waals surface area contributed by atoms with Crippen molar-refractivity contribution in [3.05, 3.63) is 35.0 Å². The number of carbonyl (C=O) groups excluding carboxylic acids is 1. The fourth-order valence-corrected chi connectivity index (χ4v) is 2.98. The second-order valence-corrected chi connectivity index (χ2v) is 6.00. The van der Waals surface area contributed by atoms with Crippen molar-refractivity contribution in [1.29, 1.82) is 0 Å². The van der Waals surface area contributed by atoms with Crippen LogP contribution in [-0.2, 0) is 11.8 Å². The number of amides is 1. The molecule has 112 valence electrons. The van der Waals surface area contributed by atoms with Gasteiger partial charge in [0, 0.05) is 42.7 Å². The topological polar surface area (TPSA) is 43.3 Å². The summed E-state index contributed by atoms with van der Waals surface area (Å²) in [4.78, 5) is 12.3. The van der Waals surface area contributed by atoms with Crippen LogP contribution in [0.4, 0.5) is 0 Å². The summed E-state index contributed by atoms with van der Waals surface area (Å²) in [7, 11) is 1.89. The highest BCUT2D eigenvalue weighted by molar-refractivity contribution is 6.31. The van der Waals surface area contributed by atoms with Gasteiger partial charge < -0.3 is 14.6 Å². The summed E-state index contributed by atoms with van der Waals surface area (Å²) in [5.74, 6) is 0.542. The number of nitrogens with zero attached hydrogens (tertiary/aromatic N) is 1. The Labute approximate surface area is 129 Å². The van der Waals surface area contributed by atoms with Crippen molar-refractivity contribution >= 4 is 28.4 Å². The van der Waals surface area contributed by atoms with E-state index in [1.165, 1.54) is 0 Å². The molecule has 0 unspecified atom stereocenters. The highest BCUT2D eigenvalue weighted by Crippen LogP contribution is 2.22. The molecule has 1 N–H and O–H groups in total. The zero-order valence-electron chi connectivity index (χ0n) is 12.1. The first kappa shape index (κ1) is 14.4. The van der Waals surface area contributed by atoms with Gasteiger partial charge in [0.1, 0.15) is 5.69 Å². The number of aromatic nitrogens is 1. The lowest BCUT2D eigenvalue weighted by atomic mass is 10.1. The summed E-state index contributed by atoms with van der Waals surface area (Å²) in [6.07, 6.45) is 2.07. The average molecular weight is 307 g/mol. The van der Waals surface area contributed by atoms with E-state index >= 15 is 0 Å². The van der Waals surface area contributed by atoms with Crippen LogP contribution >= 0.6 is 11.6 Å². The monoisotopic (exact) mass is 306 g/mol. The molecule has 1 aliphatic rings. The number of aryl methyl sites for hydroxylation is 1. The second-order valence-electron chi connectivity index (χ2n) is 5.57. The van der Waals surface area contributed by atoms with E-state index in [0.29, 0.717) is 23.2 Å². The molecule has 0 radical (unpaired) electrons. The van der Waals surface area contributed by atoms with E-state index < -0.39 is 0 Å². The van der Waals surface area contributed by atoms with Crippen molar-refractivity contribution in [2.75, 3.05) is 19.8 Å². The normalized spacial score (nSPS) is 18.3. The molecule has 1 aliphatic heterocycles. The number of nitrogens with one attached hydrogen (secondary N) is 1. The molecule has 1 atom stereocenters. The highest BCUT2D eigenvalue weighted by Gasteiger charge is 2.17. The molecule has 21 heavy (non-hydrogen) atoms. The van der Waals surface area contributed by atoms with E-state index in [-0.39, 0.29) is 5.91 Å². The van der Waals surface area contributed by atoms with Crippen molar-refractivity contribution < 1.29 is 9.53 Å². The fourth-order valence-electron chi connectivity index (χ4n) is 2.81. The van der Waals surface area contributed by atoms with Gasteiger partial charge in [-0.15, -0.1) is 0 Å². The summed E-state index contributed by atoms with van der Waals surface area (Å²) in [6, 6.07) is 7.55. The lowest BCUT2D eigenvalue weighted by molar-refractivity contribution is 0.0942. The quantitative estimate of drug-likeness (QED) is 0.943. The molecule has 0 saturated carbocycles. The molecule has 1 amide bonds. The molecule has 4 nitrogen and oxygen atoms in total. The summed E-state index contributed by atoms with van der Waals surface area (Å²) >= 11 is 6.01. The smallest absolute Gasteiger partial charge is 0.267 e. The third-order valence-corrected chi connectivity index (χ3v) is 4.34. The number of carbonyl (C=O) groups is 1. The van der Waals surface area contributed by atoms with Crippen molar-refractivity contribution in [3.63, 3.8) is 0 Å². The van der Waals surface area contributed by atoms with Crippen LogP contribution in [0.1, 0.15) is 23.3 Å². The number of hydrogen-bond acceptors (Lipinski definition) is 2. The zero-order valence-corrected chi connectivity index (χ0v) is 12.8. The van der Waals surface area contributed by atoms with Gasteiger partial charge in [0.2, 0.25) is 0 Å². The third-order valence-electron chi connectivity index (χ3n) is 4.10. The Kier molecular flexibility index (Phi) is 4.17. The molecule has 1 fully saturated rings. The molecule has 2 heterocycles. The number of benzene rings is 1. The largest absolute Gasteiger partial charge is 0.381 e. The van der Waals surface area contributed by atoms with Crippen molar-refractivity contribution in [2.24, 2.45) is 13.0 Å². The van der Waals surface area contributed by atoms with E-state index in [0.717, 1.165) is 37.0 Å². The van der Waals surface area contributed by atoms with Crippen LogP contribution < -0.4 is 5.32 Å². The Bertz CT molecular complexity index is 660. The fraction of sp³-hybridized carbons (Fsp3) is 0.438. The Hall–Kier alpha value is -1.52. The molecule has 0 aliphatic carbocycles. The lowest BCUT2D eigenvalue weighted by Crippen LogP contribution is -2.27. The first-order valence-electron chi connectivity index (χ1n) is 7.26. The standard InChI is InChI=1S/C16H19ClN2O2/c1-19-14-9-13(17)3-2-12(14)8-15(19)16(20)18-6-4-11-5-7-21-10-11/h2-3,8-9,11H,4-7,10H2,1H3,(H,18,20)/t11-/m1/s1. The minimum Gasteiger partial charge on any atom is -0.381 e. The van der Waals surface area contributed by atoms with Gasteiger partial charge in [-0.25, -0.2) is 0 Å². The predicted octanol–water partition coefficient (Wildman–Crippen LogP) is 2.99. The second kappa shape index (κ2) is 6.08. The van der Waals surface area contributed by atoms with Gasteiger partial charge in [-0.2, -0.15) is 0 Å². The summed E-state index contributed by atoms with van der Waals surface area (Å²) < 4.78 is 7.22. The van der Waals surface area contributed by atoms with E-state index in [1.54, 1.807) is 0 Å². The Morgan fingerprint density at radius 1 is 1.48 bits per heavy atom. The van der Waals surface area contributed by atoms with Crippen molar-refractivity contribution in [1.82, 2.24) is 9.88 Å². The summed E-state index contributed by atoms with van der Waals surface area (Å²) in [5, 5.41) is 4.70.